The van der Waals surface area contributed by atoms with Crippen LogP contribution in [0, 0.1) is 6.92 Å². The number of ether oxygens (including phenoxy) is 2. The maximum Gasteiger partial charge on any atom is 0.261 e. The molecule has 168 valence electrons. The van der Waals surface area contributed by atoms with E-state index in [9.17, 15) is 13.2 Å². The Morgan fingerprint density at radius 3 is 2.09 bits per heavy atom. The van der Waals surface area contributed by atoms with Crippen molar-refractivity contribution in [1.82, 2.24) is 0 Å². The van der Waals surface area contributed by atoms with E-state index in [-0.39, 0.29) is 15.5 Å². The Morgan fingerprint density at radius 2 is 1.50 bits per heavy atom. The zero-order valence-corrected chi connectivity index (χ0v) is 19.7. The Kier molecular flexibility index (Phi) is 7.18. The predicted octanol–water partition coefficient (Wildman–Crippen LogP) is 5.37. The van der Waals surface area contributed by atoms with E-state index < -0.39 is 15.9 Å². The first-order chi connectivity index (χ1) is 15.1. The second kappa shape index (κ2) is 9.68. The van der Waals surface area contributed by atoms with Crippen molar-refractivity contribution in [3.8, 4) is 11.5 Å². The molecule has 7 nitrogen and oxygen atoms in total. The van der Waals surface area contributed by atoms with Gasteiger partial charge in [-0.05, 0) is 42.8 Å². The first-order valence-corrected chi connectivity index (χ1v) is 11.5. The summed E-state index contributed by atoms with van der Waals surface area (Å²) in [6.45, 7) is 1.81. The number of hydrogen-bond donors (Lipinski definition) is 2. The van der Waals surface area contributed by atoms with Crippen LogP contribution in [0.25, 0.3) is 0 Å². The third kappa shape index (κ3) is 5.45. The quantitative estimate of drug-likeness (QED) is 0.460. The number of carbonyl (C=O) groups excluding carboxylic acids is 1. The molecule has 2 N–H and O–H groups in total. The lowest BCUT2D eigenvalue weighted by atomic mass is 10.2. The van der Waals surface area contributed by atoms with E-state index >= 15 is 0 Å². The van der Waals surface area contributed by atoms with Crippen molar-refractivity contribution in [1.29, 1.82) is 0 Å². The number of halogens is 2. The first kappa shape index (κ1) is 23.7. The lowest BCUT2D eigenvalue weighted by Gasteiger charge is -2.13. The Hall–Kier alpha value is -2.94. The third-order valence-corrected chi connectivity index (χ3v) is 6.64. The number of amides is 1. The molecule has 0 fully saturated rings. The van der Waals surface area contributed by atoms with Crippen molar-refractivity contribution in [2.24, 2.45) is 0 Å². The van der Waals surface area contributed by atoms with E-state index in [1.165, 1.54) is 38.5 Å². The summed E-state index contributed by atoms with van der Waals surface area (Å²) >= 11 is 12.3. The summed E-state index contributed by atoms with van der Waals surface area (Å²) in [6.07, 6.45) is 0. The minimum absolute atomic E-state index is 0.0155. The average molecular weight is 495 g/mol. The molecule has 0 spiro atoms. The van der Waals surface area contributed by atoms with E-state index in [2.05, 4.69) is 10.0 Å². The number of carbonyl (C=O) groups is 1. The maximum absolute atomic E-state index is 12.8. The van der Waals surface area contributed by atoms with Crippen LogP contribution in [0.3, 0.4) is 0 Å². The van der Waals surface area contributed by atoms with Gasteiger partial charge in [0, 0.05) is 28.9 Å². The summed E-state index contributed by atoms with van der Waals surface area (Å²) in [5.74, 6) is 0.354. The fourth-order valence-corrected chi connectivity index (χ4v) is 4.25. The van der Waals surface area contributed by atoms with Crippen molar-refractivity contribution in [2.75, 3.05) is 24.3 Å². The van der Waals surface area contributed by atoms with Gasteiger partial charge in [0.1, 0.15) is 11.5 Å². The van der Waals surface area contributed by atoms with E-state index in [1.807, 2.05) is 6.92 Å². The van der Waals surface area contributed by atoms with Gasteiger partial charge in [-0.15, -0.1) is 0 Å². The third-order valence-electron chi connectivity index (χ3n) is 4.53. The van der Waals surface area contributed by atoms with Crippen LogP contribution in [0.4, 0.5) is 11.4 Å². The van der Waals surface area contributed by atoms with Gasteiger partial charge in [0.05, 0.1) is 35.4 Å². The molecule has 3 aromatic carbocycles. The van der Waals surface area contributed by atoms with E-state index in [1.54, 1.807) is 30.3 Å². The zero-order chi connectivity index (χ0) is 23.5. The molecule has 0 aromatic heterocycles. The van der Waals surface area contributed by atoms with Gasteiger partial charge in [-0.3, -0.25) is 9.52 Å². The van der Waals surface area contributed by atoms with Crippen LogP contribution >= 0.6 is 23.2 Å². The molecule has 0 aliphatic carbocycles. The van der Waals surface area contributed by atoms with Crippen LogP contribution in [0.5, 0.6) is 11.5 Å². The fourth-order valence-electron chi connectivity index (χ4n) is 2.79. The largest absolute Gasteiger partial charge is 0.497 e. The molecule has 32 heavy (non-hydrogen) atoms. The van der Waals surface area contributed by atoms with Crippen LogP contribution in [0.15, 0.2) is 59.5 Å². The Bertz CT molecular complexity index is 1260. The summed E-state index contributed by atoms with van der Waals surface area (Å²) in [5.41, 5.74) is 1.49. The van der Waals surface area contributed by atoms with Gasteiger partial charge in [-0.25, -0.2) is 8.42 Å². The topological polar surface area (TPSA) is 93.7 Å². The smallest absolute Gasteiger partial charge is 0.261 e. The number of nitrogens with one attached hydrogen (secondary N) is 2. The number of hydrogen-bond acceptors (Lipinski definition) is 5. The highest BCUT2D eigenvalue weighted by molar-refractivity contribution is 7.92. The minimum atomic E-state index is -4.00. The number of anilines is 2. The first-order valence-electron chi connectivity index (χ1n) is 9.26. The molecule has 0 saturated heterocycles. The summed E-state index contributed by atoms with van der Waals surface area (Å²) in [5, 5.41) is 3.19. The maximum atomic E-state index is 12.8. The van der Waals surface area contributed by atoms with Crippen LogP contribution < -0.4 is 19.5 Å². The molecule has 10 heteroatoms. The molecule has 1 amide bonds. The second-order valence-electron chi connectivity index (χ2n) is 6.77. The number of rotatable bonds is 7. The highest BCUT2D eigenvalue weighted by Crippen LogP contribution is 2.28. The van der Waals surface area contributed by atoms with Crippen molar-refractivity contribution < 1.29 is 22.7 Å². The lowest BCUT2D eigenvalue weighted by molar-refractivity contribution is 0.102. The molecule has 0 bridgehead atoms. The van der Waals surface area contributed by atoms with Crippen molar-refractivity contribution in [2.45, 2.75) is 11.8 Å². The highest BCUT2D eigenvalue weighted by Gasteiger charge is 2.20. The van der Waals surface area contributed by atoms with Crippen LogP contribution in [0.1, 0.15) is 15.9 Å². The normalized spacial score (nSPS) is 11.0. The molecule has 0 atom stereocenters. The Balaban J connectivity index is 1.89. The highest BCUT2D eigenvalue weighted by atomic mass is 35.5. The molecular formula is C22H20Cl2N2O5S. The SMILES string of the molecule is COc1cc(NC(=O)c2cc(S(=O)(=O)Nc3ccc(C)c(Cl)c3)ccc2Cl)cc(OC)c1. The fraction of sp³-hybridized carbons (Fsp3) is 0.136. The van der Waals surface area contributed by atoms with Crippen LogP contribution in [0.2, 0.25) is 10.0 Å². The zero-order valence-electron chi connectivity index (χ0n) is 17.4. The van der Waals surface area contributed by atoms with Crippen molar-refractivity contribution in [3.63, 3.8) is 0 Å². The van der Waals surface area contributed by atoms with Gasteiger partial charge in [0.2, 0.25) is 0 Å². The molecule has 3 aromatic rings. The second-order valence-corrected chi connectivity index (χ2v) is 9.26. The molecule has 0 unspecified atom stereocenters. The summed E-state index contributed by atoms with van der Waals surface area (Å²) in [4.78, 5) is 12.7. The lowest BCUT2D eigenvalue weighted by Crippen LogP contribution is -2.16. The molecule has 0 aliphatic rings. The van der Waals surface area contributed by atoms with Crippen LogP contribution in [-0.4, -0.2) is 28.5 Å². The van der Waals surface area contributed by atoms with E-state index in [0.717, 1.165) is 5.56 Å². The number of aryl methyl sites for hydroxylation is 1. The van der Waals surface area contributed by atoms with Gasteiger partial charge < -0.3 is 14.8 Å². The Morgan fingerprint density at radius 1 is 0.844 bits per heavy atom. The standard InChI is InChI=1S/C22H20Cl2N2O5S/c1-13-4-5-14(10-21(13)24)26-32(28,29)18-6-7-20(23)19(12-18)22(27)25-15-8-16(30-2)11-17(9-15)31-3/h4-12,26H,1-3H3,(H,25,27). The van der Waals surface area contributed by atoms with E-state index in [4.69, 9.17) is 32.7 Å². The number of benzene rings is 3. The van der Waals surface area contributed by atoms with Gasteiger partial charge in [-0.2, -0.15) is 0 Å². The van der Waals surface area contributed by atoms with Crippen LogP contribution in [-0.2, 0) is 10.0 Å². The minimum Gasteiger partial charge on any atom is -0.497 e. The molecule has 0 aliphatic heterocycles. The summed E-state index contributed by atoms with van der Waals surface area (Å²) in [6, 6.07) is 13.5. The van der Waals surface area contributed by atoms with Gasteiger partial charge in [-0.1, -0.05) is 29.3 Å². The molecule has 0 radical (unpaired) electrons. The van der Waals surface area contributed by atoms with Crippen molar-refractivity contribution in [3.05, 3.63) is 75.8 Å². The molecule has 0 heterocycles. The summed E-state index contributed by atoms with van der Waals surface area (Å²) in [7, 11) is -1.03. The van der Waals surface area contributed by atoms with Gasteiger partial charge >= 0.3 is 0 Å². The average Bonchev–Trinajstić information content (AvgIpc) is 2.75. The Labute approximate surface area is 196 Å². The molecule has 0 saturated carbocycles. The monoisotopic (exact) mass is 494 g/mol. The van der Waals surface area contributed by atoms with Crippen molar-refractivity contribution >= 4 is 50.5 Å². The predicted molar refractivity (Wildman–Crippen MR) is 126 cm³/mol. The van der Waals surface area contributed by atoms with Gasteiger partial charge in [0.25, 0.3) is 15.9 Å². The van der Waals surface area contributed by atoms with E-state index in [0.29, 0.717) is 27.9 Å². The number of sulfonamides is 1. The number of methoxy groups -OCH3 is 2. The molecule has 3 rings (SSSR count). The molecular weight excluding hydrogens is 475 g/mol. The summed E-state index contributed by atoms with van der Waals surface area (Å²) < 4.78 is 38.5. The van der Waals surface area contributed by atoms with Gasteiger partial charge in [0.15, 0.2) is 0 Å².